The summed E-state index contributed by atoms with van der Waals surface area (Å²) in [4.78, 5) is 10.7. The van der Waals surface area contributed by atoms with Gasteiger partial charge in [0, 0.05) is 28.2 Å². The number of benzene rings is 1. The van der Waals surface area contributed by atoms with Crippen LogP contribution >= 0.6 is 23.2 Å². The summed E-state index contributed by atoms with van der Waals surface area (Å²) in [6, 6.07) is 7.34. The van der Waals surface area contributed by atoms with E-state index in [0.29, 0.717) is 35.5 Å². The van der Waals surface area contributed by atoms with E-state index in [0.717, 1.165) is 36.9 Å². The van der Waals surface area contributed by atoms with Crippen LogP contribution in [0.4, 0.5) is 0 Å². The molecule has 0 bridgehead atoms. The average Bonchev–Trinajstić information content (AvgIpc) is 2.96. The molecule has 1 N–H and O–H groups in total. The number of aryl methyl sites for hydroxylation is 1. The molecule has 1 aromatic carbocycles. The van der Waals surface area contributed by atoms with Crippen molar-refractivity contribution in [3.63, 3.8) is 0 Å². The zero-order chi connectivity index (χ0) is 18.9. The summed E-state index contributed by atoms with van der Waals surface area (Å²) in [6.45, 7) is 3.26. The Bertz CT molecular complexity index is 732. The largest absolute Gasteiger partial charge is 0.481 e. The number of aliphatic carboxylic acids is 1. The van der Waals surface area contributed by atoms with Crippen molar-refractivity contribution in [1.82, 2.24) is 9.78 Å². The van der Waals surface area contributed by atoms with E-state index in [2.05, 4.69) is 12.0 Å². The molecule has 0 unspecified atom stereocenters. The number of carboxylic acids is 1. The molecule has 0 aliphatic heterocycles. The van der Waals surface area contributed by atoms with E-state index in [1.165, 1.54) is 0 Å². The summed E-state index contributed by atoms with van der Waals surface area (Å²) in [5.41, 5.74) is 1.93. The van der Waals surface area contributed by atoms with E-state index in [9.17, 15) is 4.79 Å². The maximum Gasteiger partial charge on any atom is 0.303 e. The summed E-state index contributed by atoms with van der Waals surface area (Å²) in [6.07, 6.45) is 4.36. The molecule has 0 saturated carbocycles. The van der Waals surface area contributed by atoms with Gasteiger partial charge in [-0.3, -0.25) is 9.48 Å². The molecule has 0 aliphatic rings. The van der Waals surface area contributed by atoms with Crippen LogP contribution in [0.2, 0.25) is 10.0 Å². The molecular weight excluding hydrogens is 375 g/mol. The fraction of sp³-hybridized carbons (Fsp3) is 0.474. The summed E-state index contributed by atoms with van der Waals surface area (Å²) in [7, 11) is 0. The molecule has 0 radical (unpaired) electrons. The summed E-state index contributed by atoms with van der Waals surface area (Å²) in [5, 5.41) is 14.5. The van der Waals surface area contributed by atoms with Crippen LogP contribution in [0.5, 0.6) is 5.88 Å². The Kier molecular flexibility index (Phi) is 8.26. The van der Waals surface area contributed by atoms with Gasteiger partial charge < -0.3 is 9.84 Å². The predicted molar refractivity (Wildman–Crippen MR) is 103 cm³/mol. The van der Waals surface area contributed by atoms with Crippen LogP contribution < -0.4 is 4.74 Å². The number of carboxylic acid groups (broad SMARTS) is 1. The second-order valence-corrected chi connectivity index (χ2v) is 7.01. The molecule has 26 heavy (non-hydrogen) atoms. The topological polar surface area (TPSA) is 64.3 Å². The van der Waals surface area contributed by atoms with Gasteiger partial charge in [-0.25, -0.2) is 0 Å². The number of carbonyl (C=O) groups is 1. The van der Waals surface area contributed by atoms with E-state index in [-0.39, 0.29) is 6.42 Å². The van der Waals surface area contributed by atoms with Crippen molar-refractivity contribution in [1.29, 1.82) is 0 Å². The SMILES string of the molecule is CCCCOc1cc(CCCCC(=O)O)n(Cc2ccc(Cl)cc2Cl)n1. The van der Waals surface area contributed by atoms with Crippen molar-refractivity contribution in [2.45, 2.75) is 52.0 Å². The van der Waals surface area contributed by atoms with Crippen molar-refractivity contribution in [3.05, 3.63) is 45.6 Å². The second kappa shape index (κ2) is 10.4. The Morgan fingerprint density at radius 1 is 1.23 bits per heavy atom. The first-order valence-corrected chi connectivity index (χ1v) is 9.60. The fourth-order valence-corrected chi connectivity index (χ4v) is 3.02. The number of unbranched alkanes of at least 4 members (excludes halogenated alkanes) is 2. The summed E-state index contributed by atoms with van der Waals surface area (Å²) >= 11 is 12.2. The highest BCUT2D eigenvalue weighted by Crippen LogP contribution is 2.23. The van der Waals surface area contributed by atoms with Crippen molar-refractivity contribution in [3.8, 4) is 5.88 Å². The van der Waals surface area contributed by atoms with Crippen molar-refractivity contribution >= 4 is 29.2 Å². The molecule has 142 valence electrons. The van der Waals surface area contributed by atoms with Gasteiger partial charge in [-0.15, -0.1) is 5.10 Å². The molecule has 0 saturated heterocycles. The van der Waals surface area contributed by atoms with Crippen LogP contribution in [0.25, 0.3) is 0 Å². The Balaban J connectivity index is 2.10. The van der Waals surface area contributed by atoms with Gasteiger partial charge in [-0.1, -0.05) is 42.6 Å². The van der Waals surface area contributed by atoms with E-state index in [1.807, 2.05) is 16.8 Å². The molecule has 0 amide bonds. The lowest BCUT2D eigenvalue weighted by Crippen LogP contribution is -2.07. The molecule has 0 fully saturated rings. The van der Waals surface area contributed by atoms with E-state index in [1.54, 1.807) is 12.1 Å². The van der Waals surface area contributed by atoms with Gasteiger partial charge in [-0.05, 0) is 43.4 Å². The normalized spacial score (nSPS) is 10.9. The Morgan fingerprint density at radius 2 is 2.04 bits per heavy atom. The number of rotatable bonds is 11. The molecule has 0 aliphatic carbocycles. The monoisotopic (exact) mass is 398 g/mol. The first-order valence-electron chi connectivity index (χ1n) is 8.85. The lowest BCUT2D eigenvalue weighted by atomic mass is 10.1. The van der Waals surface area contributed by atoms with Gasteiger partial charge in [0.1, 0.15) is 0 Å². The van der Waals surface area contributed by atoms with Crippen LogP contribution in [-0.4, -0.2) is 27.5 Å². The minimum atomic E-state index is -0.768. The van der Waals surface area contributed by atoms with Gasteiger partial charge in [0.25, 0.3) is 0 Å². The lowest BCUT2D eigenvalue weighted by Gasteiger charge is -2.09. The third-order valence-corrected chi connectivity index (χ3v) is 4.58. The Labute approximate surface area is 163 Å². The molecule has 0 atom stereocenters. The number of hydrogen-bond donors (Lipinski definition) is 1. The minimum absolute atomic E-state index is 0.178. The predicted octanol–water partition coefficient (Wildman–Crippen LogP) is 5.21. The van der Waals surface area contributed by atoms with Gasteiger partial charge in [-0.2, -0.15) is 0 Å². The standard InChI is InChI=1S/C19H24Cl2N2O3/c1-2-3-10-26-18-12-16(6-4-5-7-19(24)25)23(22-18)13-14-8-9-15(20)11-17(14)21/h8-9,11-12H,2-7,10,13H2,1H3,(H,24,25). The van der Waals surface area contributed by atoms with Crippen LogP contribution in [0, 0.1) is 0 Å². The second-order valence-electron chi connectivity index (χ2n) is 6.17. The highest BCUT2D eigenvalue weighted by Gasteiger charge is 2.12. The van der Waals surface area contributed by atoms with Crippen LogP contribution in [0.1, 0.15) is 50.3 Å². The number of hydrogen-bond acceptors (Lipinski definition) is 3. The van der Waals surface area contributed by atoms with Crippen LogP contribution in [0.15, 0.2) is 24.3 Å². The number of ether oxygens (including phenoxy) is 1. The Hall–Kier alpha value is -1.72. The maximum absolute atomic E-state index is 10.7. The molecule has 0 spiro atoms. The zero-order valence-corrected chi connectivity index (χ0v) is 16.4. The molecule has 1 heterocycles. The van der Waals surface area contributed by atoms with E-state index in [4.69, 9.17) is 33.0 Å². The average molecular weight is 399 g/mol. The first kappa shape index (κ1) is 20.6. The molecule has 1 aromatic heterocycles. The molecular formula is C19H24Cl2N2O3. The fourth-order valence-electron chi connectivity index (χ4n) is 2.55. The third kappa shape index (κ3) is 6.54. The van der Waals surface area contributed by atoms with Crippen LogP contribution in [0.3, 0.4) is 0 Å². The van der Waals surface area contributed by atoms with Crippen molar-refractivity contribution < 1.29 is 14.6 Å². The van der Waals surface area contributed by atoms with E-state index >= 15 is 0 Å². The number of aromatic nitrogens is 2. The van der Waals surface area contributed by atoms with Crippen molar-refractivity contribution in [2.24, 2.45) is 0 Å². The highest BCUT2D eigenvalue weighted by molar-refractivity contribution is 6.35. The molecule has 2 aromatic rings. The third-order valence-electron chi connectivity index (χ3n) is 4.00. The Morgan fingerprint density at radius 3 is 2.73 bits per heavy atom. The van der Waals surface area contributed by atoms with Crippen molar-refractivity contribution in [2.75, 3.05) is 6.61 Å². The molecule has 7 heteroatoms. The van der Waals surface area contributed by atoms with Gasteiger partial charge in [0.15, 0.2) is 0 Å². The first-order chi connectivity index (χ1) is 12.5. The summed E-state index contributed by atoms with van der Waals surface area (Å²) < 4.78 is 7.59. The van der Waals surface area contributed by atoms with Gasteiger partial charge >= 0.3 is 5.97 Å². The molecule has 2 rings (SSSR count). The maximum atomic E-state index is 10.7. The lowest BCUT2D eigenvalue weighted by molar-refractivity contribution is -0.137. The smallest absolute Gasteiger partial charge is 0.303 e. The molecule has 5 nitrogen and oxygen atoms in total. The minimum Gasteiger partial charge on any atom is -0.481 e. The van der Waals surface area contributed by atoms with E-state index < -0.39 is 5.97 Å². The number of halogens is 2. The van der Waals surface area contributed by atoms with Crippen LogP contribution in [-0.2, 0) is 17.8 Å². The number of nitrogens with zero attached hydrogens (tertiary/aromatic N) is 2. The van der Waals surface area contributed by atoms with Gasteiger partial charge in [0.2, 0.25) is 5.88 Å². The quantitative estimate of drug-likeness (QED) is 0.527. The van der Waals surface area contributed by atoms with Gasteiger partial charge in [0.05, 0.1) is 13.2 Å². The zero-order valence-electron chi connectivity index (χ0n) is 14.9. The summed E-state index contributed by atoms with van der Waals surface area (Å²) in [5.74, 6) is -0.174. The highest BCUT2D eigenvalue weighted by atomic mass is 35.5.